The summed E-state index contributed by atoms with van der Waals surface area (Å²) in [6.45, 7) is 2.64. The molecule has 0 bridgehead atoms. The highest BCUT2D eigenvalue weighted by Gasteiger charge is 2.13. The van der Waals surface area contributed by atoms with Gasteiger partial charge in [-0.2, -0.15) is 0 Å². The minimum atomic E-state index is 0.363. The zero-order valence-electron chi connectivity index (χ0n) is 12.5. The highest BCUT2D eigenvalue weighted by molar-refractivity contribution is 14.1. The number of hydrogen-bond donors (Lipinski definition) is 1. The van der Waals surface area contributed by atoms with Crippen LogP contribution in [0.25, 0.3) is 0 Å². The van der Waals surface area contributed by atoms with Gasteiger partial charge in [-0.1, -0.05) is 23.4 Å². The molecule has 0 unspecified atom stereocenters. The van der Waals surface area contributed by atoms with Crippen LogP contribution in [0, 0.1) is 10.6 Å². The summed E-state index contributed by atoms with van der Waals surface area (Å²) in [6, 6.07) is 9.61. The molecular formula is C15H15IN6O. The van der Waals surface area contributed by atoms with E-state index in [1.54, 1.807) is 17.8 Å². The van der Waals surface area contributed by atoms with Gasteiger partial charge >= 0.3 is 0 Å². The summed E-state index contributed by atoms with van der Waals surface area (Å²) in [5, 5.41) is 8.33. The van der Waals surface area contributed by atoms with Crippen molar-refractivity contribution in [3.8, 4) is 5.75 Å². The van der Waals surface area contributed by atoms with Crippen molar-refractivity contribution in [1.29, 1.82) is 0 Å². The molecule has 7 nitrogen and oxygen atoms in total. The molecule has 0 fully saturated rings. The van der Waals surface area contributed by atoms with Crippen LogP contribution in [0.2, 0.25) is 0 Å². The van der Waals surface area contributed by atoms with Crippen molar-refractivity contribution in [2.24, 2.45) is 0 Å². The zero-order valence-corrected chi connectivity index (χ0v) is 14.6. The van der Waals surface area contributed by atoms with Crippen molar-refractivity contribution in [3.05, 3.63) is 57.3 Å². The van der Waals surface area contributed by atoms with Gasteiger partial charge < -0.3 is 10.5 Å². The third kappa shape index (κ3) is 3.76. The van der Waals surface area contributed by atoms with Crippen LogP contribution in [0.1, 0.15) is 17.1 Å². The van der Waals surface area contributed by atoms with Crippen LogP contribution in [0.5, 0.6) is 5.75 Å². The molecule has 0 spiro atoms. The second kappa shape index (κ2) is 6.90. The molecule has 0 aliphatic carbocycles. The molecule has 0 aliphatic heterocycles. The van der Waals surface area contributed by atoms with Gasteiger partial charge in [-0.05, 0) is 41.6 Å². The molecule has 0 radical (unpaired) electrons. The summed E-state index contributed by atoms with van der Waals surface area (Å²) in [4.78, 5) is 8.33. The average molecular weight is 422 g/mol. The summed E-state index contributed by atoms with van der Waals surface area (Å²) in [7, 11) is 0. The summed E-state index contributed by atoms with van der Waals surface area (Å²) in [5.41, 5.74) is 7.51. The third-order valence-electron chi connectivity index (χ3n) is 3.20. The van der Waals surface area contributed by atoms with E-state index in [4.69, 9.17) is 10.5 Å². The monoisotopic (exact) mass is 422 g/mol. The zero-order chi connectivity index (χ0) is 16.2. The number of para-hydroxylation sites is 1. The smallest absolute Gasteiger partial charge is 0.135 e. The van der Waals surface area contributed by atoms with Crippen molar-refractivity contribution in [2.45, 2.75) is 20.1 Å². The molecule has 1 aromatic carbocycles. The van der Waals surface area contributed by atoms with Crippen LogP contribution >= 0.6 is 22.6 Å². The molecule has 118 valence electrons. The third-order valence-corrected chi connectivity index (χ3v) is 4.37. The average Bonchev–Trinajstić information content (AvgIpc) is 2.89. The molecule has 0 saturated carbocycles. The topological polar surface area (TPSA) is 91.7 Å². The van der Waals surface area contributed by atoms with Crippen molar-refractivity contribution in [1.82, 2.24) is 25.0 Å². The first kappa shape index (κ1) is 15.7. The van der Waals surface area contributed by atoms with Gasteiger partial charge in [0.1, 0.15) is 33.4 Å². The van der Waals surface area contributed by atoms with Gasteiger partial charge in [0.05, 0.1) is 6.54 Å². The number of hydrogen-bond acceptors (Lipinski definition) is 6. The Balaban J connectivity index is 1.71. The lowest BCUT2D eigenvalue weighted by atomic mass is 10.3. The summed E-state index contributed by atoms with van der Waals surface area (Å²) < 4.78 is 8.37. The highest BCUT2D eigenvalue weighted by Crippen LogP contribution is 2.16. The number of anilines is 1. The number of aryl methyl sites for hydroxylation is 1. The van der Waals surface area contributed by atoms with Gasteiger partial charge in [-0.15, -0.1) is 5.10 Å². The van der Waals surface area contributed by atoms with Gasteiger partial charge in [0, 0.05) is 11.8 Å². The first-order valence-corrected chi connectivity index (χ1v) is 8.05. The fourth-order valence-corrected chi connectivity index (χ4v) is 2.52. The molecule has 2 heterocycles. The standard InChI is InChI=1S/C15H15IN6O/c1-10-18-7-11(15(17)19-10)8-22-14(16)13(20-21-22)9-23-12-5-3-2-4-6-12/h2-7H,8-9H2,1H3,(H2,17,18,19). The second-order valence-corrected chi connectivity index (χ2v) is 5.94. The Kier molecular flexibility index (Phi) is 4.70. The molecule has 0 atom stereocenters. The van der Waals surface area contributed by atoms with Gasteiger partial charge in [0.2, 0.25) is 0 Å². The second-order valence-electron chi connectivity index (χ2n) is 4.91. The Labute approximate surface area is 147 Å². The Morgan fingerprint density at radius 2 is 2.04 bits per heavy atom. The summed E-state index contributed by atoms with van der Waals surface area (Å²) in [5.74, 6) is 1.91. The van der Waals surface area contributed by atoms with Crippen molar-refractivity contribution in [3.63, 3.8) is 0 Å². The van der Waals surface area contributed by atoms with E-state index in [1.165, 1.54) is 0 Å². The first-order chi connectivity index (χ1) is 11.1. The van der Waals surface area contributed by atoms with Gasteiger partial charge in [-0.3, -0.25) is 0 Å². The van der Waals surface area contributed by atoms with Gasteiger partial charge in [0.25, 0.3) is 0 Å². The van der Waals surface area contributed by atoms with E-state index >= 15 is 0 Å². The van der Waals surface area contributed by atoms with E-state index in [9.17, 15) is 0 Å². The highest BCUT2D eigenvalue weighted by atomic mass is 127. The first-order valence-electron chi connectivity index (χ1n) is 6.97. The maximum absolute atomic E-state index is 5.92. The van der Waals surface area contributed by atoms with Gasteiger partial charge in [-0.25, -0.2) is 14.6 Å². The normalized spacial score (nSPS) is 10.7. The predicted octanol–water partition coefficient (Wildman–Crippen LogP) is 2.19. The Morgan fingerprint density at radius 3 is 2.78 bits per heavy atom. The number of nitrogens with zero attached hydrogens (tertiary/aromatic N) is 5. The molecule has 23 heavy (non-hydrogen) atoms. The maximum Gasteiger partial charge on any atom is 0.135 e. The lowest BCUT2D eigenvalue weighted by Gasteiger charge is -2.06. The van der Waals surface area contributed by atoms with Crippen LogP contribution in [0.4, 0.5) is 5.82 Å². The predicted molar refractivity (Wildman–Crippen MR) is 93.8 cm³/mol. The van der Waals surface area contributed by atoms with Crippen LogP contribution in [0.3, 0.4) is 0 Å². The molecular weight excluding hydrogens is 407 g/mol. The molecule has 0 amide bonds. The lowest BCUT2D eigenvalue weighted by Crippen LogP contribution is -2.09. The number of halogens is 1. The Bertz CT molecular complexity index is 805. The Morgan fingerprint density at radius 1 is 1.26 bits per heavy atom. The van der Waals surface area contributed by atoms with E-state index in [1.807, 2.05) is 30.3 Å². The minimum Gasteiger partial charge on any atom is -0.487 e. The lowest BCUT2D eigenvalue weighted by molar-refractivity contribution is 0.300. The van der Waals surface area contributed by atoms with Crippen molar-refractivity contribution >= 4 is 28.4 Å². The largest absolute Gasteiger partial charge is 0.487 e. The van der Waals surface area contributed by atoms with E-state index in [2.05, 4.69) is 42.9 Å². The van der Waals surface area contributed by atoms with Crippen LogP contribution < -0.4 is 10.5 Å². The van der Waals surface area contributed by atoms with E-state index in [0.29, 0.717) is 24.8 Å². The minimum absolute atomic E-state index is 0.363. The number of nitrogens with two attached hydrogens (primary N) is 1. The van der Waals surface area contributed by atoms with Crippen LogP contribution in [-0.2, 0) is 13.2 Å². The maximum atomic E-state index is 5.92. The molecule has 0 aliphatic rings. The van der Waals surface area contributed by atoms with E-state index in [0.717, 1.165) is 20.7 Å². The molecule has 2 aromatic heterocycles. The van der Waals surface area contributed by atoms with Crippen molar-refractivity contribution in [2.75, 3.05) is 5.73 Å². The fraction of sp³-hybridized carbons (Fsp3) is 0.200. The number of aromatic nitrogens is 5. The van der Waals surface area contributed by atoms with Crippen LogP contribution in [-0.4, -0.2) is 25.0 Å². The quantitative estimate of drug-likeness (QED) is 0.634. The SMILES string of the molecule is Cc1ncc(Cn2nnc(COc3ccccc3)c2I)c(N)n1. The van der Waals surface area contributed by atoms with Crippen LogP contribution in [0.15, 0.2) is 36.5 Å². The molecule has 3 rings (SSSR count). The number of rotatable bonds is 5. The number of nitrogen functional groups attached to an aromatic ring is 1. The van der Waals surface area contributed by atoms with Gasteiger partial charge in [0.15, 0.2) is 0 Å². The Hall–Kier alpha value is -2.23. The number of benzene rings is 1. The van der Waals surface area contributed by atoms with E-state index < -0.39 is 0 Å². The molecule has 3 aromatic rings. The summed E-state index contributed by atoms with van der Waals surface area (Å²) >= 11 is 2.20. The molecule has 0 saturated heterocycles. The molecule has 2 N–H and O–H groups in total. The fourth-order valence-electron chi connectivity index (χ4n) is 1.99. The summed E-state index contributed by atoms with van der Waals surface area (Å²) in [6.07, 6.45) is 1.72. The number of ether oxygens (including phenoxy) is 1. The van der Waals surface area contributed by atoms with E-state index in [-0.39, 0.29) is 0 Å². The molecule has 8 heteroatoms. The van der Waals surface area contributed by atoms with Crippen molar-refractivity contribution < 1.29 is 4.74 Å².